The van der Waals surface area contributed by atoms with Gasteiger partial charge in [0.2, 0.25) is 0 Å². The molecule has 1 radical (unpaired) electrons. The van der Waals surface area contributed by atoms with E-state index < -0.39 is 0 Å². The Hall–Kier alpha value is -1.02. The Balaban J connectivity index is 2.28. The minimum Gasteiger partial charge on any atom is -0.458 e. The predicted molar refractivity (Wildman–Crippen MR) is 43.0 cm³/mol. The maximum absolute atomic E-state index is 5.10. The van der Waals surface area contributed by atoms with Crippen LogP contribution in [0.1, 0.15) is 6.92 Å². The van der Waals surface area contributed by atoms with E-state index in [1.165, 1.54) is 6.79 Å². The third kappa shape index (κ3) is 3.05. The molecule has 1 aromatic carbocycles. The van der Waals surface area contributed by atoms with E-state index in [-0.39, 0.29) is 0 Å². The molecule has 0 fully saturated rings. The molecule has 0 atom stereocenters. The first-order valence-electron chi connectivity index (χ1n) is 3.58. The van der Waals surface area contributed by atoms with E-state index in [9.17, 15) is 0 Å². The second-order valence-electron chi connectivity index (χ2n) is 1.98. The summed E-state index contributed by atoms with van der Waals surface area (Å²) in [5, 5.41) is 0. The van der Waals surface area contributed by atoms with Crippen molar-refractivity contribution in [3.8, 4) is 5.75 Å². The van der Waals surface area contributed by atoms with Crippen LogP contribution in [0.3, 0.4) is 0 Å². The molecule has 11 heavy (non-hydrogen) atoms. The van der Waals surface area contributed by atoms with E-state index in [1.54, 1.807) is 0 Å². The molecule has 0 N–H and O–H groups in total. The predicted octanol–water partition coefficient (Wildman–Crippen LogP) is 2.22. The first kappa shape index (κ1) is 8.08. The number of hydrogen-bond acceptors (Lipinski definition) is 2. The summed E-state index contributed by atoms with van der Waals surface area (Å²) in [7, 11) is 0. The summed E-state index contributed by atoms with van der Waals surface area (Å²) < 4.78 is 9.99. The van der Waals surface area contributed by atoms with Crippen LogP contribution >= 0.6 is 0 Å². The Morgan fingerprint density at radius 3 is 2.64 bits per heavy atom. The van der Waals surface area contributed by atoms with E-state index in [0.29, 0.717) is 6.61 Å². The van der Waals surface area contributed by atoms with Crippen LogP contribution in [-0.4, -0.2) is 6.61 Å². The topological polar surface area (TPSA) is 18.5 Å². The molecular formula is C9H11O2. The average Bonchev–Trinajstić information content (AvgIpc) is 2.07. The Kier molecular flexibility index (Phi) is 3.48. The lowest BCUT2D eigenvalue weighted by Gasteiger charge is -2.02. The number of rotatable bonds is 4. The van der Waals surface area contributed by atoms with Crippen molar-refractivity contribution in [3.63, 3.8) is 0 Å². The van der Waals surface area contributed by atoms with Gasteiger partial charge in [0.15, 0.2) is 0 Å². The minimum absolute atomic E-state index is 0.632. The van der Waals surface area contributed by atoms with Crippen molar-refractivity contribution in [2.24, 2.45) is 0 Å². The van der Waals surface area contributed by atoms with Gasteiger partial charge in [0.05, 0.1) is 0 Å². The monoisotopic (exact) mass is 151 g/mol. The van der Waals surface area contributed by atoms with Crippen LogP contribution in [0.2, 0.25) is 0 Å². The van der Waals surface area contributed by atoms with Crippen molar-refractivity contribution in [2.75, 3.05) is 6.61 Å². The van der Waals surface area contributed by atoms with Gasteiger partial charge in [-0.2, -0.15) is 0 Å². The van der Waals surface area contributed by atoms with Crippen molar-refractivity contribution in [1.29, 1.82) is 0 Å². The zero-order valence-electron chi connectivity index (χ0n) is 6.49. The molecule has 0 aliphatic rings. The van der Waals surface area contributed by atoms with Gasteiger partial charge in [0.25, 0.3) is 6.79 Å². The van der Waals surface area contributed by atoms with E-state index in [4.69, 9.17) is 9.47 Å². The SMILES string of the molecule is CCO[CH]Oc1ccccc1. The molecular weight excluding hydrogens is 140 g/mol. The van der Waals surface area contributed by atoms with Gasteiger partial charge < -0.3 is 9.47 Å². The molecule has 1 rings (SSSR count). The molecule has 0 saturated carbocycles. The number of benzene rings is 1. The summed E-state index contributed by atoms with van der Waals surface area (Å²) in [6.07, 6.45) is 0. The minimum atomic E-state index is 0.632. The van der Waals surface area contributed by atoms with E-state index in [2.05, 4.69) is 0 Å². The summed E-state index contributed by atoms with van der Waals surface area (Å²) in [5.41, 5.74) is 0. The fraction of sp³-hybridized carbons (Fsp3) is 0.222. The zero-order valence-corrected chi connectivity index (χ0v) is 6.49. The second kappa shape index (κ2) is 4.74. The molecule has 1 aromatic rings. The second-order valence-corrected chi connectivity index (χ2v) is 1.98. The van der Waals surface area contributed by atoms with Gasteiger partial charge in [-0.1, -0.05) is 18.2 Å². The van der Waals surface area contributed by atoms with E-state index >= 15 is 0 Å². The van der Waals surface area contributed by atoms with Gasteiger partial charge in [0.1, 0.15) is 5.75 Å². The highest BCUT2D eigenvalue weighted by Gasteiger charge is 1.89. The smallest absolute Gasteiger partial charge is 0.263 e. The van der Waals surface area contributed by atoms with Crippen molar-refractivity contribution in [1.82, 2.24) is 0 Å². The quantitative estimate of drug-likeness (QED) is 0.614. The lowest BCUT2D eigenvalue weighted by Crippen LogP contribution is -1.94. The molecule has 0 bridgehead atoms. The van der Waals surface area contributed by atoms with Crippen LogP contribution < -0.4 is 4.74 Å². The van der Waals surface area contributed by atoms with E-state index in [0.717, 1.165) is 5.75 Å². The molecule has 0 amide bonds. The Morgan fingerprint density at radius 1 is 1.27 bits per heavy atom. The van der Waals surface area contributed by atoms with Crippen molar-refractivity contribution < 1.29 is 9.47 Å². The highest BCUT2D eigenvalue weighted by molar-refractivity contribution is 5.21. The average molecular weight is 151 g/mol. The fourth-order valence-electron chi connectivity index (χ4n) is 0.657. The standard InChI is InChI=1S/C9H11O2/c1-2-10-8-11-9-6-4-3-5-7-9/h3-8H,2H2,1H3. The summed E-state index contributed by atoms with van der Waals surface area (Å²) in [6, 6.07) is 9.50. The summed E-state index contributed by atoms with van der Waals surface area (Å²) in [6.45, 7) is 3.88. The third-order valence-corrected chi connectivity index (χ3v) is 1.16. The van der Waals surface area contributed by atoms with Gasteiger partial charge in [-0.15, -0.1) is 0 Å². The zero-order chi connectivity index (χ0) is 7.94. The summed E-state index contributed by atoms with van der Waals surface area (Å²) in [5.74, 6) is 0.793. The highest BCUT2D eigenvalue weighted by Crippen LogP contribution is 2.08. The first-order chi connectivity index (χ1) is 5.43. The highest BCUT2D eigenvalue weighted by atomic mass is 16.7. The third-order valence-electron chi connectivity index (χ3n) is 1.16. The molecule has 0 aromatic heterocycles. The summed E-state index contributed by atoms with van der Waals surface area (Å²) in [4.78, 5) is 0. The maximum atomic E-state index is 5.10. The molecule has 0 spiro atoms. The molecule has 0 heterocycles. The van der Waals surface area contributed by atoms with E-state index in [1.807, 2.05) is 37.3 Å². The van der Waals surface area contributed by atoms with Gasteiger partial charge in [-0.25, -0.2) is 0 Å². The molecule has 2 nitrogen and oxygen atoms in total. The molecule has 0 aliphatic carbocycles. The Bertz CT molecular complexity index is 184. The maximum Gasteiger partial charge on any atom is 0.263 e. The molecule has 59 valence electrons. The van der Waals surface area contributed by atoms with Crippen LogP contribution in [-0.2, 0) is 4.74 Å². The first-order valence-corrected chi connectivity index (χ1v) is 3.58. The van der Waals surface area contributed by atoms with Crippen molar-refractivity contribution in [2.45, 2.75) is 6.92 Å². The molecule has 2 heteroatoms. The van der Waals surface area contributed by atoms with Gasteiger partial charge in [0, 0.05) is 6.61 Å². The van der Waals surface area contributed by atoms with Crippen LogP contribution in [0.15, 0.2) is 30.3 Å². The van der Waals surface area contributed by atoms with Crippen LogP contribution in [0.5, 0.6) is 5.75 Å². The number of hydrogen-bond donors (Lipinski definition) is 0. The largest absolute Gasteiger partial charge is 0.458 e. The van der Waals surface area contributed by atoms with Crippen LogP contribution in [0.4, 0.5) is 0 Å². The van der Waals surface area contributed by atoms with Crippen LogP contribution in [0.25, 0.3) is 0 Å². The van der Waals surface area contributed by atoms with Gasteiger partial charge in [-0.05, 0) is 19.1 Å². The molecule has 0 aliphatic heterocycles. The lowest BCUT2D eigenvalue weighted by molar-refractivity contribution is 0.101. The Labute approximate surface area is 66.8 Å². The van der Waals surface area contributed by atoms with Gasteiger partial charge >= 0.3 is 0 Å². The lowest BCUT2D eigenvalue weighted by atomic mass is 10.3. The van der Waals surface area contributed by atoms with Crippen molar-refractivity contribution in [3.05, 3.63) is 37.1 Å². The fourth-order valence-corrected chi connectivity index (χ4v) is 0.657. The number of para-hydroxylation sites is 1. The summed E-state index contributed by atoms with van der Waals surface area (Å²) >= 11 is 0. The Morgan fingerprint density at radius 2 is 2.00 bits per heavy atom. The molecule has 0 saturated heterocycles. The molecule has 0 unspecified atom stereocenters. The van der Waals surface area contributed by atoms with Gasteiger partial charge in [-0.3, -0.25) is 0 Å². The van der Waals surface area contributed by atoms with Crippen molar-refractivity contribution >= 4 is 0 Å². The normalized spacial score (nSPS) is 9.55. The van der Waals surface area contributed by atoms with Crippen LogP contribution in [0, 0.1) is 6.79 Å². The number of ether oxygens (including phenoxy) is 2.